The molecule has 0 spiro atoms. The molecule has 0 saturated heterocycles. The molecule has 0 aliphatic rings. The van der Waals surface area contributed by atoms with Crippen LogP contribution in [0, 0.1) is 0 Å². The second kappa shape index (κ2) is 4.80. The molecule has 2 N–H and O–H groups in total. The first-order valence-electron chi connectivity index (χ1n) is 5.74. The third-order valence-electron chi connectivity index (χ3n) is 2.71. The van der Waals surface area contributed by atoms with Crippen molar-refractivity contribution in [1.82, 2.24) is 0 Å². The van der Waals surface area contributed by atoms with Crippen LogP contribution in [0.15, 0.2) is 24.3 Å². The van der Waals surface area contributed by atoms with Crippen molar-refractivity contribution in [2.75, 3.05) is 0 Å². The Morgan fingerprint density at radius 3 is 2.07 bits per heavy atom. The van der Waals surface area contributed by atoms with Gasteiger partial charge in [-0.15, -0.1) is 0 Å². The maximum absolute atomic E-state index is 5.74. The predicted molar refractivity (Wildman–Crippen MR) is 67.1 cm³/mol. The fourth-order valence-electron chi connectivity index (χ4n) is 1.57. The SMILES string of the molecule is CC(N)CCc1ccc(C(C)(C)C)cc1. The van der Waals surface area contributed by atoms with Crippen LogP contribution in [0.4, 0.5) is 0 Å². The Labute approximate surface area is 93.7 Å². The van der Waals surface area contributed by atoms with Crippen molar-refractivity contribution in [1.29, 1.82) is 0 Å². The molecule has 0 fully saturated rings. The summed E-state index contributed by atoms with van der Waals surface area (Å²) in [6.45, 7) is 8.78. The third kappa shape index (κ3) is 4.05. The van der Waals surface area contributed by atoms with Gasteiger partial charge in [0.2, 0.25) is 0 Å². The molecule has 1 heteroatoms. The van der Waals surface area contributed by atoms with Gasteiger partial charge < -0.3 is 5.73 Å². The van der Waals surface area contributed by atoms with E-state index in [2.05, 4.69) is 52.0 Å². The Hall–Kier alpha value is -0.820. The number of hydrogen-bond donors (Lipinski definition) is 1. The zero-order valence-corrected chi connectivity index (χ0v) is 10.4. The molecule has 0 saturated carbocycles. The van der Waals surface area contributed by atoms with Gasteiger partial charge >= 0.3 is 0 Å². The van der Waals surface area contributed by atoms with Crippen LogP contribution < -0.4 is 5.73 Å². The molecular weight excluding hydrogens is 182 g/mol. The second-order valence-corrected chi connectivity index (χ2v) is 5.46. The quantitative estimate of drug-likeness (QED) is 0.805. The largest absolute Gasteiger partial charge is 0.328 e. The Bertz CT molecular complexity index is 290. The highest BCUT2D eigenvalue weighted by atomic mass is 14.6. The summed E-state index contributed by atoms with van der Waals surface area (Å²) < 4.78 is 0. The lowest BCUT2D eigenvalue weighted by Gasteiger charge is -2.19. The Morgan fingerprint density at radius 1 is 1.13 bits per heavy atom. The van der Waals surface area contributed by atoms with Crippen LogP contribution in [-0.2, 0) is 11.8 Å². The number of nitrogens with two attached hydrogens (primary N) is 1. The standard InChI is InChI=1S/C14H23N/c1-11(15)5-6-12-7-9-13(10-8-12)14(2,3)4/h7-11H,5-6,15H2,1-4H3. The predicted octanol–water partition coefficient (Wildman–Crippen LogP) is 3.26. The molecule has 1 aromatic carbocycles. The first-order valence-corrected chi connectivity index (χ1v) is 5.74. The van der Waals surface area contributed by atoms with Crippen LogP contribution in [0.25, 0.3) is 0 Å². The van der Waals surface area contributed by atoms with Crippen molar-refractivity contribution >= 4 is 0 Å². The summed E-state index contributed by atoms with van der Waals surface area (Å²) in [6.07, 6.45) is 2.15. The van der Waals surface area contributed by atoms with Crippen molar-refractivity contribution in [3.63, 3.8) is 0 Å². The Balaban J connectivity index is 2.65. The summed E-state index contributed by atoms with van der Waals surface area (Å²) in [5.74, 6) is 0. The number of aryl methyl sites for hydroxylation is 1. The van der Waals surface area contributed by atoms with Gasteiger partial charge in [0.25, 0.3) is 0 Å². The molecule has 0 amide bonds. The molecule has 0 radical (unpaired) electrons. The molecule has 0 aromatic heterocycles. The van der Waals surface area contributed by atoms with Gasteiger partial charge in [-0.2, -0.15) is 0 Å². The smallest absolute Gasteiger partial charge is 0.00136 e. The van der Waals surface area contributed by atoms with E-state index >= 15 is 0 Å². The Kier molecular flexibility index (Phi) is 3.92. The van der Waals surface area contributed by atoms with Crippen LogP contribution in [0.2, 0.25) is 0 Å². The third-order valence-corrected chi connectivity index (χ3v) is 2.71. The summed E-state index contributed by atoms with van der Waals surface area (Å²) in [7, 11) is 0. The number of hydrogen-bond acceptors (Lipinski definition) is 1. The van der Waals surface area contributed by atoms with Gasteiger partial charge in [0.1, 0.15) is 0 Å². The molecule has 0 aliphatic heterocycles. The summed E-state index contributed by atoms with van der Waals surface area (Å²) in [5, 5.41) is 0. The lowest BCUT2D eigenvalue weighted by atomic mass is 9.86. The van der Waals surface area contributed by atoms with Crippen LogP contribution in [0.3, 0.4) is 0 Å². The second-order valence-electron chi connectivity index (χ2n) is 5.46. The molecule has 1 atom stereocenters. The lowest BCUT2D eigenvalue weighted by molar-refractivity contribution is 0.589. The highest BCUT2D eigenvalue weighted by Crippen LogP contribution is 2.22. The summed E-state index contributed by atoms with van der Waals surface area (Å²) in [6, 6.07) is 9.21. The Morgan fingerprint density at radius 2 is 1.67 bits per heavy atom. The van der Waals surface area contributed by atoms with Crippen molar-refractivity contribution in [2.45, 2.75) is 52.0 Å². The molecule has 15 heavy (non-hydrogen) atoms. The average molecular weight is 205 g/mol. The first-order chi connectivity index (χ1) is 6.89. The maximum Gasteiger partial charge on any atom is 0.00136 e. The molecular formula is C14H23N. The van der Waals surface area contributed by atoms with E-state index in [4.69, 9.17) is 5.73 Å². The van der Waals surface area contributed by atoms with E-state index in [1.807, 2.05) is 0 Å². The van der Waals surface area contributed by atoms with Gasteiger partial charge in [-0.05, 0) is 36.3 Å². The normalized spacial score (nSPS) is 13.9. The lowest BCUT2D eigenvalue weighted by Crippen LogP contribution is -2.15. The van der Waals surface area contributed by atoms with Gasteiger partial charge in [-0.1, -0.05) is 45.0 Å². The number of rotatable bonds is 3. The molecule has 1 aromatic rings. The summed E-state index contributed by atoms with van der Waals surface area (Å²) >= 11 is 0. The zero-order chi connectivity index (χ0) is 11.5. The maximum atomic E-state index is 5.74. The van der Waals surface area contributed by atoms with Crippen molar-refractivity contribution in [3.8, 4) is 0 Å². The van der Waals surface area contributed by atoms with Gasteiger partial charge in [-0.25, -0.2) is 0 Å². The molecule has 1 rings (SSSR count). The molecule has 1 nitrogen and oxygen atoms in total. The van der Waals surface area contributed by atoms with E-state index in [0.717, 1.165) is 12.8 Å². The van der Waals surface area contributed by atoms with Crippen molar-refractivity contribution in [2.24, 2.45) is 5.73 Å². The highest BCUT2D eigenvalue weighted by molar-refractivity contribution is 5.27. The van der Waals surface area contributed by atoms with Gasteiger partial charge in [-0.3, -0.25) is 0 Å². The van der Waals surface area contributed by atoms with E-state index in [9.17, 15) is 0 Å². The molecule has 84 valence electrons. The molecule has 0 aliphatic carbocycles. The van der Waals surface area contributed by atoms with E-state index in [-0.39, 0.29) is 5.41 Å². The minimum atomic E-state index is 0.250. The topological polar surface area (TPSA) is 26.0 Å². The monoisotopic (exact) mass is 205 g/mol. The summed E-state index contributed by atoms with van der Waals surface area (Å²) in [4.78, 5) is 0. The van der Waals surface area contributed by atoms with E-state index < -0.39 is 0 Å². The fourth-order valence-corrected chi connectivity index (χ4v) is 1.57. The zero-order valence-electron chi connectivity index (χ0n) is 10.4. The molecule has 0 heterocycles. The van der Waals surface area contributed by atoms with E-state index in [1.54, 1.807) is 0 Å². The minimum Gasteiger partial charge on any atom is -0.328 e. The van der Waals surface area contributed by atoms with Crippen molar-refractivity contribution in [3.05, 3.63) is 35.4 Å². The van der Waals surface area contributed by atoms with Gasteiger partial charge in [0, 0.05) is 6.04 Å². The van der Waals surface area contributed by atoms with E-state index in [0.29, 0.717) is 6.04 Å². The van der Waals surface area contributed by atoms with Crippen molar-refractivity contribution < 1.29 is 0 Å². The van der Waals surface area contributed by atoms with Gasteiger partial charge in [0.15, 0.2) is 0 Å². The molecule has 1 unspecified atom stereocenters. The van der Waals surface area contributed by atoms with Crippen LogP contribution in [0.1, 0.15) is 45.2 Å². The van der Waals surface area contributed by atoms with Crippen LogP contribution >= 0.6 is 0 Å². The van der Waals surface area contributed by atoms with Crippen LogP contribution in [-0.4, -0.2) is 6.04 Å². The molecule has 0 bridgehead atoms. The van der Waals surface area contributed by atoms with E-state index in [1.165, 1.54) is 11.1 Å². The average Bonchev–Trinajstić information content (AvgIpc) is 2.14. The minimum absolute atomic E-state index is 0.250. The highest BCUT2D eigenvalue weighted by Gasteiger charge is 2.12. The number of benzene rings is 1. The fraction of sp³-hybridized carbons (Fsp3) is 0.571. The van der Waals surface area contributed by atoms with Crippen LogP contribution in [0.5, 0.6) is 0 Å². The first kappa shape index (κ1) is 12.3. The summed E-state index contributed by atoms with van der Waals surface area (Å²) in [5.41, 5.74) is 8.77. The van der Waals surface area contributed by atoms with Gasteiger partial charge in [0.05, 0.1) is 0 Å².